The minimum Gasteiger partial charge on any atom is -0.478 e. The number of anilines is 1. The lowest BCUT2D eigenvalue weighted by Crippen LogP contribution is -2.12. The number of methoxy groups -OCH3 is 1. The van der Waals surface area contributed by atoms with Gasteiger partial charge in [-0.05, 0) is 13.0 Å². The topological polar surface area (TPSA) is 71.5 Å². The van der Waals surface area contributed by atoms with Crippen LogP contribution in [0.25, 0.3) is 0 Å². The van der Waals surface area contributed by atoms with Crippen molar-refractivity contribution in [3.63, 3.8) is 0 Å². The van der Waals surface area contributed by atoms with E-state index in [9.17, 15) is 4.79 Å². The van der Waals surface area contributed by atoms with Gasteiger partial charge in [0.15, 0.2) is 0 Å². The Morgan fingerprint density at radius 3 is 3.00 bits per heavy atom. The Labute approximate surface area is 88.1 Å². The zero-order chi connectivity index (χ0) is 11.3. The van der Waals surface area contributed by atoms with Crippen molar-refractivity contribution in [3.05, 3.63) is 23.5 Å². The molecule has 0 aliphatic carbocycles. The number of hydrogen-bond donors (Lipinski definition) is 2. The maximum atomic E-state index is 10.9. The zero-order valence-corrected chi connectivity index (χ0v) is 8.78. The lowest BCUT2D eigenvalue weighted by atomic mass is 10.2. The minimum absolute atomic E-state index is 0.178. The second-order valence-electron chi connectivity index (χ2n) is 3.10. The summed E-state index contributed by atoms with van der Waals surface area (Å²) in [6.07, 6.45) is 1.35. The van der Waals surface area contributed by atoms with Crippen molar-refractivity contribution in [1.82, 2.24) is 4.98 Å². The fourth-order valence-electron chi connectivity index (χ4n) is 1.16. The van der Waals surface area contributed by atoms with Crippen LogP contribution in [0.2, 0.25) is 0 Å². The molecule has 82 valence electrons. The van der Waals surface area contributed by atoms with Crippen LogP contribution in [-0.2, 0) is 4.74 Å². The number of carbonyl (C=O) groups is 1. The number of nitrogens with one attached hydrogen (secondary N) is 1. The summed E-state index contributed by atoms with van der Waals surface area (Å²) in [6.45, 7) is 2.91. The molecule has 0 spiro atoms. The Balaban J connectivity index is 2.82. The summed E-state index contributed by atoms with van der Waals surface area (Å²) in [5.74, 6) is -0.984. The predicted molar refractivity (Wildman–Crippen MR) is 56.3 cm³/mol. The second kappa shape index (κ2) is 5.31. The normalized spacial score (nSPS) is 10.0. The molecule has 5 nitrogen and oxygen atoms in total. The van der Waals surface area contributed by atoms with Gasteiger partial charge in [0, 0.05) is 25.5 Å². The summed E-state index contributed by atoms with van der Waals surface area (Å²) in [4.78, 5) is 14.8. The number of rotatable bonds is 5. The zero-order valence-electron chi connectivity index (χ0n) is 8.78. The Morgan fingerprint density at radius 2 is 2.40 bits per heavy atom. The Bertz CT molecular complexity index is 353. The van der Waals surface area contributed by atoms with Crippen LogP contribution in [0, 0.1) is 6.92 Å². The van der Waals surface area contributed by atoms with E-state index in [1.54, 1.807) is 13.2 Å². The Kier molecular flexibility index (Phi) is 4.05. The van der Waals surface area contributed by atoms with Crippen molar-refractivity contribution in [2.75, 3.05) is 25.6 Å². The second-order valence-corrected chi connectivity index (χ2v) is 3.10. The van der Waals surface area contributed by atoms with Gasteiger partial charge in [0.1, 0.15) is 5.56 Å². The van der Waals surface area contributed by atoms with Gasteiger partial charge in [0.05, 0.1) is 12.3 Å². The summed E-state index contributed by atoms with van der Waals surface area (Å²) in [5.41, 5.74) is 1.53. The molecule has 0 aliphatic rings. The monoisotopic (exact) mass is 210 g/mol. The van der Waals surface area contributed by atoms with Crippen LogP contribution in [0.1, 0.15) is 16.1 Å². The fraction of sp³-hybridized carbons (Fsp3) is 0.400. The van der Waals surface area contributed by atoms with E-state index in [4.69, 9.17) is 9.84 Å². The van der Waals surface area contributed by atoms with Gasteiger partial charge in [-0.1, -0.05) is 0 Å². The molecule has 1 rings (SSSR count). The highest BCUT2D eigenvalue weighted by Gasteiger charge is 2.09. The number of carboxylic acids is 1. The third kappa shape index (κ3) is 3.21. The van der Waals surface area contributed by atoms with Crippen LogP contribution in [0.5, 0.6) is 0 Å². The number of carboxylic acid groups (broad SMARTS) is 1. The number of pyridine rings is 1. The molecule has 0 amide bonds. The third-order valence-corrected chi connectivity index (χ3v) is 1.89. The molecule has 15 heavy (non-hydrogen) atoms. The van der Waals surface area contributed by atoms with Gasteiger partial charge in [-0.2, -0.15) is 0 Å². The molecule has 1 aromatic heterocycles. The van der Waals surface area contributed by atoms with Crippen LogP contribution in [0.15, 0.2) is 12.3 Å². The molecular weight excluding hydrogens is 196 g/mol. The average molecular weight is 210 g/mol. The number of nitrogens with zero attached hydrogens (tertiary/aromatic N) is 1. The summed E-state index contributed by atoms with van der Waals surface area (Å²) in [5, 5.41) is 11.9. The predicted octanol–water partition coefficient (Wildman–Crippen LogP) is 1.15. The van der Waals surface area contributed by atoms with Crippen molar-refractivity contribution in [2.24, 2.45) is 0 Å². The SMILES string of the molecule is COCCNc1cc(C)ncc1C(=O)O. The van der Waals surface area contributed by atoms with Gasteiger partial charge < -0.3 is 15.2 Å². The Morgan fingerprint density at radius 1 is 1.67 bits per heavy atom. The first-order valence-corrected chi connectivity index (χ1v) is 4.58. The van der Waals surface area contributed by atoms with Crippen LogP contribution < -0.4 is 5.32 Å². The first kappa shape index (κ1) is 11.5. The average Bonchev–Trinajstić information content (AvgIpc) is 2.18. The van der Waals surface area contributed by atoms with Crippen LogP contribution >= 0.6 is 0 Å². The van der Waals surface area contributed by atoms with E-state index < -0.39 is 5.97 Å². The Hall–Kier alpha value is -1.62. The number of ether oxygens (including phenoxy) is 1. The lowest BCUT2D eigenvalue weighted by Gasteiger charge is -2.09. The van der Waals surface area contributed by atoms with E-state index in [0.717, 1.165) is 5.69 Å². The molecule has 0 bridgehead atoms. The molecule has 0 aliphatic heterocycles. The molecular formula is C10H14N2O3. The number of aromatic nitrogens is 1. The van der Waals surface area contributed by atoms with Crippen LogP contribution in [0.3, 0.4) is 0 Å². The van der Waals surface area contributed by atoms with Gasteiger partial charge in [-0.15, -0.1) is 0 Å². The summed E-state index contributed by atoms with van der Waals surface area (Å²) < 4.78 is 4.87. The largest absolute Gasteiger partial charge is 0.478 e. The molecule has 0 aromatic carbocycles. The number of aryl methyl sites for hydroxylation is 1. The van der Waals surface area contributed by atoms with Gasteiger partial charge >= 0.3 is 5.97 Å². The van der Waals surface area contributed by atoms with Crippen molar-refractivity contribution < 1.29 is 14.6 Å². The minimum atomic E-state index is -0.984. The lowest BCUT2D eigenvalue weighted by molar-refractivity contribution is 0.0697. The smallest absolute Gasteiger partial charge is 0.339 e. The molecule has 2 N–H and O–H groups in total. The standard InChI is InChI=1S/C10H14N2O3/c1-7-5-9(11-3-4-15-2)8(6-12-7)10(13)14/h5-6H,3-4H2,1-2H3,(H,11,12)(H,13,14). The first-order chi connectivity index (χ1) is 7.15. The summed E-state index contributed by atoms with van der Waals surface area (Å²) in [7, 11) is 1.59. The molecule has 0 fully saturated rings. The van der Waals surface area contributed by atoms with E-state index in [1.165, 1.54) is 6.20 Å². The molecule has 1 heterocycles. The molecule has 1 aromatic rings. The molecule has 0 saturated carbocycles. The third-order valence-electron chi connectivity index (χ3n) is 1.89. The van der Waals surface area contributed by atoms with Crippen molar-refractivity contribution in [3.8, 4) is 0 Å². The molecule has 0 radical (unpaired) electrons. The molecule has 0 unspecified atom stereocenters. The van der Waals surface area contributed by atoms with Crippen molar-refractivity contribution in [2.45, 2.75) is 6.92 Å². The first-order valence-electron chi connectivity index (χ1n) is 4.58. The van der Waals surface area contributed by atoms with Gasteiger partial charge in [0.25, 0.3) is 0 Å². The highest BCUT2D eigenvalue weighted by atomic mass is 16.5. The number of aromatic carboxylic acids is 1. The van der Waals surface area contributed by atoms with Crippen LogP contribution in [0.4, 0.5) is 5.69 Å². The fourth-order valence-corrected chi connectivity index (χ4v) is 1.16. The summed E-state index contributed by atoms with van der Waals surface area (Å²) in [6, 6.07) is 1.71. The van der Waals surface area contributed by atoms with Gasteiger partial charge in [0.2, 0.25) is 0 Å². The highest BCUT2D eigenvalue weighted by molar-refractivity contribution is 5.93. The highest BCUT2D eigenvalue weighted by Crippen LogP contribution is 2.15. The number of hydrogen-bond acceptors (Lipinski definition) is 4. The quantitative estimate of drug-likeness (QED) is 0.713. The van der Waals surface area contributed by atoms with Gasteiger partial charge in [-0.3, -0.25) is 4.98 Å². The van der Waals surface area contributed by atoms with E-state index in [-0.39, 0.29) is 5.56 Å². The van der Waals surface area contributed by atoms with Crippen molar-refractivity contribution >= 4 is 11.7 Å². The maximum absolute atomic E-state index is 10.9. The maximum Gasteiger partial charge on any atom is 0.339 e. The van der Waals surface area contributed by atoms with E-state index in [0.29, 0.717) is 18.8 Å². The van der Waals surface area contributed by atoms with E-state index in [1.807, 2.05) is 6.92 Å². The van der Waals surface area contributed by atoms with Crippen LogP contribution in [-0.4, -0.2) is 36.3 Å². The van der Waals surface area contributed by atoms with E-state index in [2.05, 4.69) is 10.3 Å². The molecule has 5 heteroatoms. The van der Waals surface area contributed by atoms with Gasteiger partial charge in [-0.25, -0.2) is 4.79 Å². The molecule has 0 atom stereocenters. The summed E-state index contributed by atoms with van der Waals surface area (Å²) >= 11 is 0. The molecule has 0 saturated heterocycles. The van der Waals surface area contributed by atoms with Crippen molar-refractivity contribution in [1.29, 1.82) is 0 Å². The van der Waals surface area contributed by atoms with E-state index >= 15 is 0 Å².